The molecule has 10 heteroatoms. The molecule has 276 valence electrons. The van der Waals surface area contributed by atoms with Crippen molar-refractivity contribution in [3.63, 3.8) is 0 Å². The number of hydrogen-bond donors (Lipinski definition) is 1. The fourth-order valence-corrected chi connectivity index (χ4v) is 7.61. The van der Waals surface area contributed by atoms with E-state index in [1.54, 1.807) is 13.2 Å². The van der Waals surface area contributed by atoms with E-state index in [-0.39, 0.29) is 6.42 Å². The zero-order valence-corrected chi connectivity index (χ0v) is 30.2. The first kappa shape index (κ1) is 35.6. The van der Waals surface area contributed by atoms with Gasteiger partial charge in [-0.25, -0.2) is 4.98 Å². The fourth-order valence-electron chi connectivity index (χ4n) is 7.61. The van der Waals surface area contributed by atoms with E-state index < -0.39 is 17.3 Å². The lowest BCUT2D eigenvalue weighted by Gasteiger charge is -2.37. The number of imidazole rings is 1. The van der Waals surface area contributed by atoms with Crippen molar-refractivity contribution in [3.8, 4) is 5.75 Å². The average Bonchev–Trinajstić information content (AvgIpc) is 3.96. The monoisotopic (exact) mass is 736 g/mol. The number of alkyl halides is 3. The molecule has 0 aliphatic rings. The van der Waals surface area contributed by atoms with Gasteiger partial charge in [-0.1, -0.05) is 109 Å². The maximum absolute atomic E-state index is 13.6. The van der Waals surface area contributed by atoms with Crippen LogP contribution in [-0.2, 0) is 37.5 Å². The van der Waals surface area contributed by atoms with Gasteiger partial charge in [-0.3, -0.25) is 0 Å². The lowest BCUT2D eigenvalue weighted by atomic mass is 9.77. The largest absolute Gasteiger partial charge is 0.497 e. The number of fused-ring (bicyclic) bond motifs is 1. The van der Waals surface area contributed by atoms with Crippen molar-refractivity contribution in [2.45, 2.75) is 43.9 Å². The van der Waals surface area contributed by atoms with Gasteiger partial charge < -0.3 is 18.9 Å². The molecule has 0 fully saturated rings. The van der Waals surface area contributed by atoms with Crippen LogP contribution in [0.15, 0.2) is 152 Å². The summed E-state index contributed by atoms with van der Waals surface area (Å²) in [5, 5.41) is 10.1. The number of aromatic amines is 1. The van der Waals surface area contributed by atoms with Gasteiger partial charge in [-0.15, -0.1) is 10.2 Å². The highest BCUT2D eigenvalue weighted by Gasteiger charge is 2.38. The van der Waals surface area contributed by atoms with Gasteiger partial charge in [-0.05, 0) is 64.9 Å². The van der Waals surface area contributed by atoms with E-state index in [1.165, 1.54) is 12.1 Å². The van der Waals surface area contributed by atoms with E-state index in [2.05, 4.69) is 103 Å². The number of methoxy groups -OCH3 is 1. The quantitative estimate of drug-likeness (QED) is 0.120. The molecule has 8 aromatic rings. The molecule has 55 heavy (non-hydrogen) atoms. The lowest BCUT2D eigenvalue weighted by molar-refractivity contribution is -0.137. The third kappa shape index (κ3) is 7.15. The van der Waals surface area contributed by atoms with Crippen molar-refractivity contribution in [1.29, 1.82) is 0 Å². The molecular formula is C45H39F3N6O. The van der Waals surface area contributed by atoms with Crippen molar-refractivity contribution in [1.82, 2.24) is 29.3 Å². The fraction of sp³-hybridized carbons (Fsp3) is 0.178. The predicted octanol–water partition coefficient (Wildman–Crippen LogP) is 9.64. The zero-order valence-electron chi connectivity index (χ0n) is 30.2. The highest BCUT2D eigenvalue weighted by Crippen LogP contribution is 2.41. The summed E-state index contributed by atoms with van der Waals surface area (Å²) >= 11 is 0. The van der Waals surface area contributed by atoms with Crippen molar-refractivity contribution >= 4 is 10.9 Å². The van der Waals surface area contributed by atoms with Gasteiger partial charge in [0.2, 0.25) is 0 Å². The molecule has 8 rings (SSSR count). The summed E-state index contributed by atoms with van der Waals surface area (Å²) in [5.74, 6) is 2.08. The summed E-state index contributed by atoms with van der Waals surface area (Å²) in [4.78, 5) is 8.26. The Morgan fingerprint density at radius 2 is 1.31 bits per heavy atom. The first-order valence-electron chi connectivity index (χ1n) is 18.2. The van der Waals surface area contributed by atoms with E-state index in [0.29, 0.717) is 37.2 Å². The number of nitrogens with zero attached hydrogens (tertiary/aromatic N) is 5. The van der Waals surface area contributed by atoms with Crippen molar-refractivity contribution < 1.29 is 17.9 Å². The molecule has 0 amide bonds. The van der Waals surface area contributed by atoms with E-state index in [9.17, 15) is 13.2 Å². The minimum absolute atomic E-state index is 0.209. The van der Waals surface area contributed by atoms with Gasteiger partial charge in [0.1, 0.15) is 22.9 Å². The third-order valence-electron chi connectivity index (χ3n) is 10.3. The average molecular weight is 737 g/mol. The molecule has 0 saturated heterocycles. The molecular weight excluding hydrogens is 698 g/mol. The van der Waals surface area contributed by atoms with Crippen LogP contribution in [0.2, 0.25) is 0 Å². The van der Waals surface area contributed by atoms with Gasteiger partial charge in [0, 0.05) is 42.7 Å². The number of aryl methyl sites for hydroxylation is 1. The summed E-state index contributed by atoms with van der Waals surface area (Å²) in [5.41, 5.74) is 5.41. The number of benzene rings is 5. The second-order valence-corrected chi connectivity index (χ2v) is 13.6. The maximum Gasteiger partial charge on any atom is 0.416 e. The second-order valence-electron chi connectivity index (χ2n) is 13.6. The number of ether oxygens (including phenoxy) is 1. The Kier molecular flexibility index (Phi) is 9.80. The highest BCUT2D eigenvalue weighted by molar-refractivity contribution is 5.84. The number of nitrogens with one attached hydrogen (secondary N) is 1. The topological polar surface area (TPSA) is 73.5 Å². The smallest absolute Gasteiger partial charge is 0.416 e. The van der Waals surface area contributed by atoms with Crippen LogP contribution in [0.4, 0.5) is 13.2 Å². The molecule has 1 N–H and O–H groups in total. The maximum atomic E-state index is 13.6. The van der Waals surface area contributed by atoms with Crippen molar-refractivity contribution in [3.05, 3.63) is 203 Å². The van der Waals surface area contributed by atoms with Gasteiger partial charge in [0.15, 0.2) is 0 Å². The van der Waals surface area contributed by atoms with Crippen LogP contribution < -0.4 is 4.74 Å². The van der Waals surface area contributed by atoms with Gasteiger partial charge in [0.05, 0.1) is 24.7 Å². The predicted molar refractivity (Wildman–Crippen MR) is 207 cm³/mol. The first-order chi connectivity index (χ1) is 26.8. The van der Waals surface area contributed by atoms with Gasteiger partial charge >= 0.3 is 6.18 Å². The third-order valence-corrected chi connectivity index (χ3v) is 10.3. The molecule has 5 aromatic carbocycles. The summed E-state index contributed by atoms with van der Waals surface area (Å²) in [6, 6.07) is 42.7. The van der Waals surface area contributed by atoms with Crippen LogP contribution in [0.5, 0.6) is 5.75 Å². The van der Waals surface area contributed by atoms with E-state index >= 15 is 0 Å². The molecule has 3 heterocycles. The summed E-state index contributed by atoms with van der Waals surface area (Å²) < 4.78 is 50.6. The molecule has 0 spiro atoms. The molecule has 3 aromatic heterocycles. The molecule has 0 bridgehead atoms. The standard InChI is InChI=1S/C45H39F3N6O/c1-55-39-22-23-41-40(28-39)33(29-49-41)27-43-52-51-42(26-32-13-11-20-37(25-32)45(46,47)48)54(43)24-12-21-38-30-53(31-50-38)44(34-14-5-2-6-15-34,35-16-7-3-8-17-35)36-18-9-4-10-19-36/h2-11,13-20,22-23,25,28-31,49H,12,21,24,26-27H2,1H3. The Labute approximate surface area is 317 Å². The Hall–Kier alpha value is -6.42. The minimum Gasteiger partial charge on any atom is -0.497 e. The molecule has 0 radical (unpaired) electrons. The molecule has 0 atom stereocenters. The van der Waals surface area contributed by atoms with Crippen LogP contribution >= 0.6 is 0 Å². The summed E-state index contributed by atoms with van der Waals surface area (Å²) in [6.07, 6.45) is 3.61. The number of halogens is 3. The van der Waals surface area contributed by atoms with Crippen LogP contribution in [0.25, 0.3) is 10.9 Å². The molecule has 0 saturated carbocycles. The molecule has 0 unspecified atom stereocenters. The van der Waals surface area contributed by atoms with E-state index in [4.69, 9.17) is 9.72 Å². The van der Waals surface area contributed by atoms with Crippen LogP contribution in [0.1, 0.15) is 57.1 Å². The van der Waals surface area contributed by atoms with E-state index in [0.717, 1.165) is 56.5 Å². The van der Waals surface area contributed by atoms with Crippen LogP contribution in [0.3, 0.4) is 0 Å². The molecule has 0 aliphatic heterocycles. The van der Waals surface area contributed by atoms with E-state index in [1.807, 2.05) is 48.9 Å². The van der Waals surface area contributed by atoms with Crippen LogP contribution in [0, 0.1) is 0 Å². The van der Waals surface area contributed by atoms with Crippen molar-refractivity contribution in [2.24, 2.45) is 0 Å². The summed E-state index contributed by atoms with van der Waals surface area (Å²) in [7, 11) is 1.64. The Morgan fingerprint density at radius 1 is 0.691 bits per heavy atom. The Bertz CT molecular complexity index is 2410. The normalized spacial score (nSPS) is 12.0. The number of H-pyrrole nitrogens is 1. The Morgan fingerprint density at radius 3 is 1.93 bits per heavy atom. The summed E-state index contributed by atoms with van der Waals surface area (Å²) in [6.45, 7) is 0.552. The number of aromatic nitrogens is 6. The Balaban J connectivity index is 1.11. The second kappa shape index (κ2) is 15.1. The van der Waals surface area contributed by atoms with Gasteiger partial charge in [-0.2, -0.15) is 13.2 Å². The molecule has 7 nitrogen and oxygen atoms in total. The molecule has 0 aliphatic carbocycles. The van der Waals surface area contributed by atoms with Crippen molar-refractivity contribution in [2.75, 3.05) is 7.11 Å². The van der Waals surface area contributed by atoms with Gasteiger partial charge in [0.25, 0.3) is 0 Å². The zero-order chi connectivity index (χ0) is 37.8. The lowest BCUT2D eigenvalue weighted by Crippen LogP contribution is -2.36. The number of hydrogen-bond acceptors (Lipinski definition) is 4. The van der Waals surface area contributed by atoms with Crippen LogP contribution in [-0.4, -0.2) is 36.4 Å². The first-order valence-corrected chi connectivity index (χ1v) is 18.2. The SMILES string of the molecule is COc1ccc2[nH]cc(Cc3nnc(Cc4cccc(C(F)(F)F)c4)n3CCCc3cn(C(c4ccccc4)(c4ccccc4)c4ccccc4)cn3)c2c1. The minimum atomic E-state index is -4.44. The highest BCUT2D eigenvalue weighted by atomic mass is 19.4. The number of rotatable bonds is 13.